The van der Waals surface area contributed by atoms with E-state index in [0.29, 0.717) is 22.8 Å². The third-order valence-electron chi connectivity index (χ3n) is 3.95. The highest BCUT2D eigenvalue weighted by Crippen LogP contribution is 2.28. The van der Waals surface area contributed by atoms with E-state index in [2.05, 4.69) is 25.7 Å². The largest absolute Gasteiger partial charge is 0.351 e. The number of piperazine rings is 1. The molecule has 1 aromatic heterocycles. The number of benzene rings is 1. The number of halogens is 2. The molecule has 1 aliphatic rings. The Morgan fingerprint density at radius 3 is 2.79 bits per heavy atom. The fourth-order valence-corrected chi connectivity index (χ4v) is 2.92. The Bertz CT molecular complexity index is 670. The van der Waals surface area contributed by atoms with E-state index in [1.54, 1.807) is 12.3 Å². The molecule has 0 aliphatic carbocycles. The summed E-state index contributed by atoms with van der Waals surface area (Å²) < 4.78 is 0. The van der Waals surface area contributed by atoms with Gasteiger partial charge in [0.05, 0.1) is 17.5 Å². The van der Waals surface area contributed by atoms with Crippen LogP contribution >= 0.6 is 24.0 Å². The van der Waals surface area contributed by atoms with Crippen molar-refractivity contribution >= 4 is 29.9 Å². The van der Waals surface area contributed by atoms with Gasteiger partial charge in [-0.1, -0.05) is 29.8 Å². The smallest absolute Gasteiger partial charge is 0.255 e. The second-order valence-electron chi connectivity index (χ2n) is 5.49. The average molecular weight is 370 g/mol. The summed E-state index contributed by atoms with van der Waals surface area (Å²) in [6.07, 6.45) is 1.54. The molecule has 1 fully saturated rings. The van der Waals surface area contributed by atoms with Crippen molar-refractivity contribution < 1.29 is 4.79 Å². The minimum absolute atomic E-state index is 0. The second-order valence-corrected chi connectivity index (χ2v) is 5.89. The van der Waals surface area contributed by atoms with E-state index >= 15 is 0 Å². The van der Waals surface area contributed by atoms with Crippen molar-refractivity contribution in [3.8, 4) is 11.3 Å². The van der Waals surface area contributed by atoms with Gasteiger partial charge < -0.3 is 10.6 Å². The number of carbonyl (C=O) groups excluding carboxylic acids is 1. The lowest BCUT2D eigenvalue weighted by Gasteiger charge is -2.27. The minimum atomic E-state index is -0.135. The van der Waals surface area contributed by atoms with Crippen LogP contribution < -0.4 is 10.6 Å². The summed E-state index contributed by atoms with van der Waals surface area (Å²) in [5, 5.41) is 13.7. The second kappa shape index (κ2) is 9.03. The fraction of sp³-hybridized carbons (Fsp3) is 0.375. The van der Waals surface area contributed by atoms with Crippen molar-refractivity contribution in [1.82, 2.24) is 25.7 Å². The molecule has 3 N–H and O–H groups in total. The molecule has 6 nitrogen and oxygen atoms in total. The number of carbonyl (C=O) groups is 1. The van der Waals surface area contributed by atoms with Gasteiger partial charge >= 0.3 is 0 Å². The molecule has 1 aliphatic heterocycles. The highest BCUT2D eigenvalue weighted by molar-refractivity contribution is 6.33. The molecule has 0 bridgehead atoms. The fourth-order valence-electron chi connectivity index (χ4n) is 2.69. The Balaban J connectivity index is 0.00000208. The average Bonchev–Trinajstić information content (AvgIpc) is 3.06. The standard InChI is InChI=1S/C16H20ClN5O.ClH/c17-14-4-2-1-3-12(14)15-13(11-20-21-15)16(23)19-7-10-22-8-5-18-6-9-22;/h1-4,11,18H,5-10H2,(H,19,23)(H,20,21);1H. The number of aromatic amines is 1. The van der Waals surface area contributed by atoms with Gasteiger partial charge in [-0.25, -0.2) is 0 Å². The van der Waals surface area contributed by atoms with Crippen molar-refractivity contribution in [2.24, 2.45) is 0 Å². The number of H-pyrrole nitrogens is 1. The lowest BCUT2D eigenvalue weighted by atomic mass is 10.1. The predicted molar refractivity (Wildman–Crippen MR) is 97.9 cm³/mol. The summed E-state index contributed by atoms with van der Waals surface area (Å²) in [7, 11) is 0. The molecule has 1 amide bonds. The number of hydrogen-bond donors (Lipinski definition) is 3. The normalized spacial score (nSPS) is 14.9. The van der Waals surface area contributed by atoms with Crippen LogP contribution in [0.3, 0.4) is 0 Å². The molecule has 3 rings (SSSR count). The van der Waals surface area contributed by atoms with Crippen molar-refractivity contribution in [2.75, 3.05) is 39.3 Å². The van der Waals surface area contributed by atoms with E-state index in [-0.39, 0.29) is 18.3 Å². The number of nitrogens with one attached hydrogen (secondary N) is 3. The molecule has 130 valence electrons. The van der Waals surface area contributed by atoms with Crippen LogP contribution in [0.1, 0.15) is 10.4 Å². The molecule has 0 radical (unpaired) electrons. The van der Waals surface area contributed by atoms with Crippen LogP contribution in [0.2, 0.25) is 5.02 Å². The first-order chi connectivity index (χ1) is 11.3. The molecule has 24 heavy (non-hydrogen) atoms. The predicted octanol–water partition coefficient (Wildman–Crippen LogP) is 1.79. The van der Waals surface area contributed by atoms with Crippen LogP contribution in [0.25, 0.3) is 11.3 Å². The molecule has 2 heterocycles. The maximum absolute atomic E-state index is 12.4. The highest BCUT2D eigenvalue weighted by atomic mass is 35.5. The molecular weight excluding hydrogens is 349 g/mol. The van der Waals surface area contributed by atoms with E-state index in [1.165, 1.54) is 0 Å². The van der Waals surface area contributed by atoms with E-state index in [9.17, 15) is 4.79 Å². The number of aromatic nitrogens is 2. The Labute approximate surface area is 152 Å². The van der Waals surface area contributed by atoms with Crippen molar-refractivity contribution in [3.05, 3.63) is 41.0 Å². The summed E-state index contributed by atoms with van der Waals surface area (Å²) in [4.78, 5) is 14.7. The third kappa shape index (κ3) is 4.48. The molecule has 0 unspecified atom stereocenters. The Morgan fingerprint density at radius 1 is 1.29 bits per heavy atom. The third-order valence-corrected chi connectivity index (χ3v) is 4.28. The van der Waals surface area contributed by atoms with Crippen LogP contribution in [-0.2, 0) is 0 Å². The zero-order valence-corrected chi connectivity index (χ0v) is 14.8. The zero-order chi connectivity index (χ0) is 16.1. The summed E-state index contributed by atoms with van der Waals surface area (Å²) in [6, 6.07) is 7.40. The summed E-state index contributed by atoms with van der Waals surface area (Å²) in [5.41, 5.74) is 1.94. The first kappa shape index (κ1) is 18.7. The molecular formula is C16H21Cl2N5O. The maximum Gasteiger partial charge on any atom is 0.255 e. The van der Waals surface area contributed by atoms with Gasteiger partial charge in [-0.15, -0.1) is 12.4 Å². The molecule has 0 atom stereocenters. The van der Waals surface area contributed by atoms with Gasteiger partial charge in [0.2, 0.25) is 0 Å². The van der Waals surface area contributed by atoms with Crippen LogP contribution in [0.5, 0.6) is 0 Å². The van der Waals surface area contributed by atoms with Gasteiger partial charge in [0, 0.05) is 49.9 Å². The number of hydrogen-bond acceptors (Lipinski definition) is 4. The molecule has 2 aromatic rings. The van der Waals surface area contributed by atoms with Crippen LogP contribution in [0.15, 0.2) is 30.5 Å². The summed E-state index contributed by atoms with van der Waals surface area (Å²) in [5.74, 6) is -0.135. The Kier molecular flexibility index (Phi) is 7.05. The maximum atomic E-state index is 12.4. The van der Waals surface area contributed by atoms with E-state index < -0.39 is 0 Å². The van der Waals surface area contributed by atoms with Gasteiger partial charge in [0.25, 0.3) is 5.91 Å². The van der Waals surface area contributed by atoms with Gasteiger partial charge in [0.15, 0.2) is 0 Å². The molecule has 8 heteroatoms. The van der Waals surface area contributed by atoms with Crippen molar-refractivity contribution in [2.45, 2.75) is 0 Å². The SMILES string of the molecule is Cl.O=C(NCCN1CCNCC1)c1cn[nH]c1-c1ccccc1Cl. The van der Waals surface area contributed by atoms with E-state index in [0.717, 1.165) is 38.3 Å². The first-order valence-corrected chi connectivity index (χ1v) is 8.13. The van der Waals surface area contributed by atoms with Crippen LogP contribution in [0, 0.1) is 0 Å². The molecule has 1 saturated heterocycles. The lowest BCUT2D eigenvalue weighted by Crippen LogP contribution is -2.46. The van der Waals surface area contributed by atoms with Crippen molar-refractivity contribution in [1.29, 1.82) is 0 Å². The number of amides is 1. The van der Waals surface area contributed by atoms with Gasteiger partial charge in [-0.2, -0.15) is 5.10 Å². The van der Waals surface area contributed by atoms with E-state index in [1.807, 2.05) is 18.2 Å². The Morgan fingerprint density at radius 2 is 2.04 bits per heavy atom. The monoisotopic (exact) mass is 369 g/mol. The molecule has 0 saturated carbocycles. The number of rotatable bonds is 5. The summed E-state index contributed by atoms with van der Waals surface area (Å²) in [6.45, 7) is 5.52. The topological polar surface area (TPSA) is 73.1 Å². The van der Waals surface area contributed by atoms with Crippen molar-refractivity contribution in [3.63, 3.8) is 0 Å². The highest BCUT2D eigenvalue weighted by Gasteiger charge is 2.17. The number of nitrogens with zero attached hydrogens (tertiary/aromatic N) is 2. The lowest BCUT2D eigenvalue weighted by molar-refractivity contribution is 0.0948. The zero-order valence-electron chi connectivity index (χ0n) is 13.2. The Hall–Kier alpha value is -1.60. The van der Waals surface area contributed by atoms with Gasteiger partial charge in [-0.05, 0) is 6.07 Å². The van der Waals surface area contributed by atoms with Crippen LogP contribution in [-0.4, -0.2) is 60.3 Å². The molecule has 0 spiro atoms. The van der Waals surface area contributed by atoms with Crippen LogP contribution in [0.4, 0.5) is 0 Å². The van der Waals surface area contributed by atoms with Gasteiger partial charge in [-0.3, -0.25) is 14.8 Å². The minimum Gasteiger partial charge on any atom is -0.351 e. The van der Waals surface area contributed by atoms with E-state index in [4.69, 9.17) is 11.6 Å². The van der Waals surface area contributed by atoms with Gasteiger partial charge in [0.1, 0.15) is 0 Å². The summed E-state index contributed by atoms with van der Waals surface area (Å²) >= 11 is 6.21. The quantitative estimate of drug-likeness (QED) is 0.750. The first-order valence-electron chi connectivity index (χ1n) is 7.75. The molecule has 1 aromatic carbocycles.